The van der Waals surface area contributed by atoms with Crippen molar-refractivity contribution in [1.29, 1.82) is 0 Å². The molecule has 146 valence electrons. The van der Waals surface area contributed by atoms with Crippen molar-refractivity contribution in [3.8, 4) is 17.3 Å². The molecule has 1 fully saturated rings. The largest absolute Gasteiger partial charge is 0.480 e. The molecule has 0 bridgehead atoms. The summed E-state index contributed by atoms with van der Waals surface area (Å²) in [5, 5.41) is 4.31. The van der Waals surface area contributed by atoms with E-state index in [9.17, 15) is 4.79 Å². The Hall–Kier alpha value is -3.07. The van der Waals surface area contributed by atoms with Crippen molar-refractivity contribution in [2.24, 2.45) is 0 Å². The summed E-state index contributed by atoms with van der Waals surface area (Å²) in [6.07, 6.45) is 3.38. The van der Waals surface area contributed by atoms with Gasteiger partial charge in [0.1, 0.15) is 11.4 Å². The Bertz CT molecular complexity index is 1030. The highest BCUT2D eigenvalue weighted by Crippen LogP contribution is 2.36. The van der Waals surface area contributed by atoms with E-state index in [4.69, 9.17) is 14.0 Å². The van der Waals surface area contributed by atoms with Crippen molar-refractivity contribution in [1.82, 2.24) is 15.1 Å². The van der Waals surface area contributed by atoms with E-state index >= 15 is 4.39 Å². The van der Waals surface area contributed by atoms with Crippen LogP contribution < -0.4 is 9.64 Å². The minimum atomic E-state index is -0.629. The maximum absolute atomic E-state index is 15.4. The second-order valence-electron chi connectivity index (χ2n) is 6.76. The molecule has 0 unspecified atom stereocenters. The molecule has 1 aliphatic heterocycles. The summed E-state index contributed by atoms with van der Waals surface area (Å²) in [7, 11) is 1.47. The van der Waals surface area contributed by atoms with Gasteiger partial charge in [0.25, 0.3) is 0 Å². The number of morpholine rings is 1. The second-order valence-corrected chi connectivity index (χ2v) is 6.76. The molecule has 1 aliphatic rings. The van der Waals surface area contributed by atoms with Gasteiger partial charge in [0.05, 0.1) is 42.8 Å². The summed E-state index contributed by atoms with van der Waals surface area (Å²) in [4.78, 5) is 21.9. The van der Waals surface area contributed by atoms with E-state index in [1.807, 2.05) is 18.7 Å². The predicted molar refractivity (Wildman–Crippen MR) is 99.2 cm³/mol. The summed E-state index contributed by atoms with van der Waals surface area (Å²) in [5.74, 6) is -0.340. The molecule has 28 heavy (non-hydrogen) atoms. The highest BCUT2D eigenvalue weighted by atomic mass is 19.1. The fraction of sp³-hybridized carbons (Fsp3) is 0.368. The molecular formula is C19H19FN4O4. The van der Waals surface area contributed by atoms with Crippen molar-refractivity contribution in [3.05, 3.63) is 29.8 Å². The van der Waals surface area contributed by atoms with E-state index < -0.39 is 5.82 Å². The maximum atomic E-state index is 15.4. The van der Waals surface area contributed by atoms with Crippen LogP contribution in [0.25, 0.3) is 22.4 Å². The van der Waals surface area contributed by atoms with E-state index in [1.54, 1.807) is 6.07 Å². The van der Waals surface area contributed by atoms with E-state index in [0.29, 0.717) is 36.1 Å². The van der Waals surface area contributed by atoms with Crippen molar-refractivity contribution in [3.63, 3.8) is 0 Å². The van der Waals surface area contributed by atoms with Crippen LogP contribution in [0.4, 0.5) is 10.1 Å². The molecule has 3 heterocycles. The van der Waals surface area contributed by atoms with Crippen LogP contribution in [0.1, 0.15) is 24.2 Å². The molecule has 0 spiro atoms. The van der Waals surface area contributed by atoms with Gasteiger partial charge in [-0.15, -0.1) is 0 Å². The van der Waals surface area contributed by atoms with Crippen molar-refractivity contribution < 1.29 is 23.2 Å². The third kappa shape index (κ3) is 3.07. The van der Waals surface area contributed by atoms with Crippen LogP contribution >= 0.6 is 0 Å². The lowest BCUT2D eigenvalue weighted by Crippen LogP contribution is -2.46. The first-order valence-corrected chi connectivity index (χ1v) is 8.85. The molecule has 8 nitrogen and oxygen atoms in total. The van der Waals surface area contributed by atoms with Gasteiger partial charge in [-0.05, 0) is 19.9 Å². The Kier molecular flexibility index (Phi) is 4.68. The summed E-state index contributed by atoms with van der Waals surface area (Å²) in [5.41, 5.74) is 1.02. The number of carbonyl (C=O) groups excluding carboxylic acids is 1. The number of ether oxygens (including phenoxy) is 2. The maximum Gasteiger partial charge on any atom is 0.232 e. The molecular weight excluding hydrogens is 367 g/mol. The van der Waals surface area contributed by atoms with Crippen LogP contribution in [0.5, 0.6) is 5.88 Å². The van der Waals surface area contributed by atoms with Gasteiger partial charge in [0, 0.05) is 18.7 Å². The van der Waals surface area contributed by atoms with Gasteiger partial charge in [0.15, 0.2) is 12.1 Å². The first-order chi connectivity index (χ1) is 13.5. The van der Waals surface area contributed by atoms with Gasteiger partial charge in [-0.1, -0.05) is 5.16 Å². The molecule has 3 aromatic rings. The van der Waals surface area contributed by atoms with Crippen LogP contribution in [0.15, 0.2) is 23.0 Å². The Morgan fingerprint density at radius 3 is 2.71 bits per heavy atom. The lowest BCUT2D eigenvalue weighted by Gasteiger charge is -2.37. The number of aromatic nitrogens is 3. The molecule has 1 aromatic carbocycles. The summed E-state index contributed by atoms with van der Waals surface area (Å²) in [6, 6.07) is 1.57. The molecule has 0 amide bonds. The van der Waals surface area contributed by atoms with Gasteiger partial charge in [-0.25, -0.2) is 9.37 Å². The fourth-order valence-corrected chi connectivity index (χ4v) is 3.56. The minimum absolute atomic E-state index is 0.0352. The smallest absolute Gasteiger partial charge is 0.232 e. The number of hydrogen-bond acceptors (Lipinski definition) is 8. The minimum Gasteiger partial charge on any atom is -0.480 e. The number of halogens is 1. The Morgan fingerprint density at radius 2 is 2.04 bits per heavy atom. The number of anilines is 1. The average Bonchev–Trinajstić information content (AvgIpc) is 3.11. The lowest BCUT2D eigenvalue weighted by atomic mass is 10.0. The quantitative estimate of drug-likeness (QED) is 0.632. The summed E-state index contributed by atoms with van der Waals surface area (Å²) >= 11 is 0. The molecule has 4 rings (SSSR count). The SMILES string of the molecule is COc1cncc(-c2noc3c(F)c(N4C[C@@H](C)O[C@H](C)C4)c(C=O)cc23)n1. The van der Waals surface area contributed by atoms with Crippen LogP contribution in [0, 0.1) is 5.82 Å². The molecule has 0 aliphatic carbocycles. The highest BCUT2D eigenvalue weighted by Gasteiger charge is 2.29. The number of rotatable bonds is 4. The van der Waals surface area contributed by atoms with Crippen molar-refractivity contribution in [2.45, 2.75) is 26.1 Å². The zero-order chi connectivity index (χ0) is 19.8. The van der Waals surface area contributed by atoms with Crippen molar-refractivity contribution >= 4 is 22.9 Å². The molecule has 2 aromatic heterocycles. The van der Waals surface area contributed by atoms with E-state index in [0.717, 1.165) is 0 Å². The monoisotopic (exact) mass is 386 g/mol. The zero-order valence-corrected chi connectivity index (χ0v) is 15.7. The first-order valence-electron chi connectivity index (χ1n) is 8.85. The zero-order valence-electron chi connectivity index (χ0n) is 15.7. The van der Waals surface area contributed by atoms with Crippen LogP contribution in [-0.4, -0.2) is 53.8 Å². The Labute approximate surface area is 160 Å². The number of hydrogen-bond donors (Lipinski definition) is 0. The third-order valence-corrected chi connectivity index (χ3v) is 4.64. The molecule has 9 heteroatoms. The standard InChI is InChI=1S/C19H19FN4O4/c1-10-7-24(8-11(2)27-10)18-12(9-25)4-13-17(23-28-19(13)16(18)20)14-5-21-6-15(22-14)26-3/h4-6,9-11H,7-8H2,1-3H3/t10-,11-/m1/s1. The second kappa shape index (κ2) is 7.16. The lowest BCUT2D eigenvalue weighted by molar-refractivity contribution is -0.00543. The molecule has 0 N–H and O–H groups in total. The van der Waals surface area contributed by atoms with Gasteiger partial charge in [-0.3, -0.25) is 9.78 Å². The van der Waals surface area contributed by atoms with Gasteiger partial charge in [0.2, 0.25) is 11.5 Å². The number of nitrogens with zero attached hydrogens (tertiary/aromatic N) is 4. The molecule has 0 radical (unpaired) electrons. The van der Waals surface area contributed by atoms with Gasteiger partial charge >= 0.3 is 0 Å². The van der Waals surface area contributed by atoms with E-state index in [1.165, 1.54) is 19.5 Å². The van der Waals surface area contributed by atoms with Gasteiger partial charge < -0.3 is 18.9 Å². The Morgan fingerprint density at radius 1 is 1.29 bits per heavy atom. The number of carbonyl (C=O) groups is 1. The number of fused-ring (bicyclic) bond motifs is 1. The van der Waals surface area contributed by atoms with Crippen LogP contribution in [-0.2, 0) is 4.74 Å². The van der Waals surface area contributed by atoms with E-state index in [-0.39, 0.29) is 34.9 Å². The number of methoxy groups -OCH3 is 1. The molecule has 0 saturated carbocycles. The number of aldehydes is 1. The first kappa shape index (κ1) is 18.3. The summed E-state index contributed by atoms with van der Waals surface area (Å²) in [6.45, 7) is 4.76. The molecule has 2 atom stereocenters. The van der Waals surface area contributed by atoms with E-state index in [2.05, 4.69) is 15.1 Å². The average molecular weight is 386 g/mol. The van der Waals surface area contributed by atoms with Crippen molar-refractivity contribution in [2.75, 3.05) is 25.1 Å². The fourth-order valence-electron chi connectivity index (χ4n) is 3.56. The highest BCUT2D eigenvalue weighted by molar-refractivity contribution is 5.99. The van der Waals surface area contributed by atoms with Gasteiger partial charge in [-0.2, -0.15) is 0 Å². The van der Waals surface area contributed by atoms with Crippen LogP contribution in [0.3, 0.4) is 0 Å². The molecule has 1 saturated heterocycles. The Balaban J connectivity index is 1.86. The predicted octanol–water partition coefficient (Wildman–Crippen LogP) is 2.86. The topological polar surface area (TPSA) is 90.6 Å². The van der Waals surface area contributed by atoms with Crippen LogP contribution in [0.2, 0.25) is 0 Å². The summed E-state index contributed by atoms with van der Waals surface area (Å²) < 4.78 is 31.5. The normalized spacial score (nSPS) is 19.8. The third-order valence-electron chi connectivity index (χ3n) is 4.64. The number of benzene rings is 1.